The van der Waals surface area contributed by atoms with Crippen molar-refractivity contribution in [3.8, 4) is 0 Å². The predicted octanol–water partition coefficient (Wildman–Crippen LogP) is 6.49. The molecule has 1 aliphatic carbocycles. The number of carbonyl (C=O) groups excluding carboxylic acids is 2. The molecule has 1 fully saturated rings. The van der Waals surface area contributed by atoms with Crippen LogP contribution in [0.1, 0.15) is 67.3 Å². The highest BCUT2D eigenvalue weighted by Crippen LogP contribution is 2.46. The number of aryl methyl sites for hydroxylation is 2. The van der Waals surface area contributed by atoms with E-state index in [-0.39, 0.29) is 17.6 Å². The summed E-state index contributed by atoms with van der Waals surface area (Å²) in [5.74, 6) is 0.892. The molecule has 1 saturated heterocycles. The normalized spacial score (nSPS) is 18.6. The minimum atomic E-state index is 0.145. The molecule has 4 rings (SSSR count). The van der Waals surface area contributed by atoms with E-state index in [9.17, 15) is 9.59 Å². The van der Waals surface area contributed by atoms with Crippen LogP contribution in [0, 0.1) is 5.92 Å². The number of amides is 1. The van der Waals surface area contributed by atoms with Gasteiger partial charge in [0.1, 0.15) is 5.78 Å². The summed E-state index contributed by atoms with van der Waals surface area (Å²) < 4.78 is 2.05. The molecule has 7 heteroatoms. The Hall–Kier alpha value is -1.24. The van der Waals surface area contributed by atoms with Crippen molar-refractivity contribution >= 4 is 55.2 Å². The lowest BCUT2D eigenvalue weighted by atomic mass is 9.76. The van der Waals surface area contributed by atoms with Crippen molar-refractivity contribution < 1.29 is 9.59 Å². The fourth-order valence-corrected chi connectivity index (χ4v) is 6.66. The summed E-state index contributed by atoms with van der Waals surface area (Å²) in [5, 5.41) is 0.750. The molecule has 0 spiro atoms. The lowest BCUT2D eigenvalue weighted by Crippen LogP contribution is -2.40. The lowest BCUT2D eigenvalue weighted by Gasteiger charge is -2.37. The van der Waals surface area contributed by atoms with Crippen LogP contribution in [0.5, 0.6) is 0 Å². The van der Waals surface area contributed by atoms with E-state index >= 15 is 0 Å². The number of pyridine rings is 1. The minimum Gasteiger partial charge on any atom is -0.343 e. The summed E-state index contributed by atoms with van der Waals surface area (Å²) in [6, 6.07) is 6.29. The van der Waals surface area contributed by atoms with Crippen LogP contribution in [0.3, 0.4) is 0 Å². The zero-order chi connectivity index (χ0) is 22.8. The fourth-order valence-electron chi connectivity index (χ4n) is 5.16. The average Bonchev–Trinajstić information content (AvgIpc) is 2.90. The Morgan fingerprint density at radius 1 is 1.09 bits per heavy atom. The molecule has 1 aliphatic heterocycles. The van der Waals surface area contributed by atoms with Crippen LogP contribution in [0.4, 0.5) is 0 Å². The fraction of sp³-hybridized carbons (Fsp3) is 0.480. The number of Topliss-reactive ketones (excluding diaryl/α,β-unsaturated/α-hetero) is 1. The molecule has 2 heterocycles. The van der Waals surface area contributed by atoms with Gasteiger partial charge in [-0.05, 0) is 95.8 Å². The van der Waals surface area contributed by atoms with Gasteiger partial charge in [-0.2, -0.15) is 0 Å². The van der Waals surface area contributed by atoms with Crippen LogP contribution < -0.4 is 0 Å². The molecular weight excluding hydrogens is 556 g/mol. The molecule has 0 N–H and O–H groups in total. The lowest BCUT2D eigenvalue weighted by molar-refractivity contribution is -0.132. The zero-order valence-corrected chi connectivity index (χ0v) is 22.1. The van der Waals surface area contributed by atoms with E-state index in [4.69, 9.17) is 16.6 Å². The number of aromatic nitrogens is 1. The first-order valence-electron chi connectivity index (χ1n) is 11.2. The van der Waals surface area contributed by atoms with Gasteiger partial charge in [-0.15, -0.1) is 0 Å². The highest BCUT2D eigenvalue weighted by molar-refractivity contribution is 9.10. The van der Waals surface area contributed by atoms with Crippen LogP contribution >= 0.6 is 43.5 Å². The molecule has 1 amide bonds. The number of nitrogens with zero attached hydrogens (tertiary/aromatic N) is 2. The van der Waals surface area contributed by atoms with Gasteiger partial charge in [0.15, 0.2) is 0 Å². The molecule has 0 saturated carbocycles. The maximum absolute atomic E-state index is 12.6. The van der Waals surface area contributed by atoms with E-state index in [0.29, 0.717) is 25.2 Å². The van der Waals surface area contributed by atoms with E-state index in [0.717, 1.165) is 58.4 Å². The van der Waals surface area contributed by atoms with Gasteiger partial charge < -0.3 is 9.69 Å². The first kappa shape index (κ1) is 23.9. The van der Waals surface area contributed by atoms with Gasteiger partial charge >= 0.3 is 0 Å². The summed E-state index contributed by atoms with van der Waals surface area (Å²) in [6.45, 7) is 3.09. The van der Waals surface area contributed by atoms with Gasteiger partial charge in [-0.25, -0.2) is 0 Å². The predicted molar refractivity (Wildman–Crippen MR) is 134 cm³/mol. The number of piperidine rings is 1. The number of halogens is 3. The monoisotopic (exact) mass is 580 g/mol. The second kappa shape index (κ2) is 10.4. The summed E-state index contributed by atoms with van der Waals surface area (Å²) in [5.41, 5.74) is 5.02. The maximum atomic E-state index is 12.6. The number of carbonyl (C=O) groups is 2. The summed E-state index contributed by atoms with van der Waals surface area (Å²) in [7, 11) is 0. The van der Waals surface area contributed by atoms with Gasteiger partial charge in [-0.1, -0.05) is 27.5 Å². The molecule has 1 aromatic heterocycles. The molecule has 4 nitrogen and oxygen atoms in total. The van der Waals surface area contributed by atoms with Crippen LogP contribution in [-0.2, 0) is 22.4 Å². The van der Waals surface area contributed by atoms with Crippen molar-refractivity contribution in [1.29, 1.82) is 0 Å². The largest absolute Gasteiger partial charge is 0.343 e. The number of hydrogen-bond acceptors (Lipinski definition) is 3. The van der Waals surface area contributed by atoms with Crippen molar-refractivity contribution in [2.75, 3.05) is 13.1 Å². The van der Waals surface area contributed by atoms with E-state index in [1.165, 1.54) is 16.7 Å². The maximum Gasteiger partial charge on any atom is 0.222 e. The Kier molecular flexibility index (Phi) is 7.73. The van der Waals surface area contributed by atoms with Gasteiger partial charge in [0.05, 0.1) is 5.69 Å². The van der Waals surface area contributed by atoms with Crippen molar-refractivity contribution in [1.82, 2.24) is 9.88 Å². The van der Waals surface area contributed by atoms with Crippen LogP contribution in [0.2, 0.25) is 5.02 Å². The average molecular weight is 583 g/mol. The van der Waals surface area contributed by atoms with E-state index < -0.39 is 0 Å². The molecule has 0 bridgehead atoms. The molecule has 0 radical (unpaired) electrons. The smallest absolute Gasteiger partial charge is 0.222 e. The van der Waals surface area contributed by atoms with Crippen molar-refractivity contribution in [2.45, 2.75) is 57.8 Å². The number of fused-ring (bicyclic) bond motifs is 2. The minimum absolute atomic E-state index is 0.145. The van der Waals surface area contributed by atoms with Gasteiger partial charge in [0.2, 0.25) is 5.91 Å². The number of ketones is 1. The van der Waals surface area contributed by atoms with E-state index in [1.54, 1.807) is 6.92 Å². The molecule has 1 aromatic carbocycles. The third-order valence-electron chi connectivity index (χ3n) is 6.70. The van der Waals surface area contributed by atoms with Crippen molar-refractivity contribution in [3.63, 3.8) is 0 Å². The van der Waals surface area contributed by atoms with E-state index in [2.05, 4.69) is 44.0 Å². The Morgan fingerprint density at radius 3 is 2.53 bits per heavy atom. The van der Waals surface area contributed by atoms with Gasteiger partial charge in [0, 0.05) is 52.0 Å². The van der Waals surface area contributed by atoms with Gasteiger partial charge in [-0.3, -0.25) is 9.78 Å². The van der Waals surface area contributed by atoms with Crippen LogP contribution in [-0.4, -0.2) is 34.7 Å². The highest BCUT2D eigenvalue weighted by atomic mass is 79.9. The van der Waals surface area contributed by atoms with Crippen LogP contribution in [0.15, 0.2) is 33.3 Å². The standard InChI is InChI=1S/C25H27Br2ClN2O2/c1-15(31)3-2-4-22(32)30-9-7-16(8-10-30)24-23-17(12-20(28)13-21(23)27)5-6-18-11-19(26)14-29-25(18)24/h11-14,16,24H,2-10H2,1H3/t24-/m1/s1. The topological polar surface area (TPSA) is 50.3 Å². The SMILES string of the molecule is CC(=O)CCCC(=O)N1CCC([C@H]2c3ncc(Br)cc3CCc3cc(Cl)cc(Br)c32)CC1. The summed E-state index contributed by atoms with van der Waals surface area (Å²) >= 11 is 13.8. The first-order valence-corrected chi connectivity index (χ1v) is 13.2. The van der Waals surface area contributed by atoms with Crippen molar-refractivity contribution in [3.05, 3.63) is 60.7 Å². The molecule has 0 unspecified atom stereocenters. The van der Waals surface area contributed by atoms with Crippen LogP contribution in [0.25, 0.3) is 0 Å². The van der Waals surface area contributed by atoms with E-state index in [1.807, 2.05) is 17.2 Å². The molecular formula is C25H27Br2ClN2O2. The molecule has 32 heavy (non-hydrogen) atoms. The molecule has 1 atom stereocenters. The first-order chi connectivity index (χ1) is 15.3. The number of hydrogen-bond donors (Lipinski definition) is 0. The number of likely N-dealkylation sites (tertiary alicyclic amines) is 1. The quantitative estimate of drug-likeness (QED) is 0.405. The number of rotatable bonds is 5. The zero-order valence-electron chi connectivity index (χ0n) is 18.2. The summed E-state index contributed by atoms with van der Waals surface area (Å²) in [6.07, 6.45) is 7.23. The molecule has 2 aliphatic rings. The Bertz CT molecular complexity index is 1030. The van der Waals surface area contributed by atoms with Gasteiger partial charge in [0.25, 0.3) is 0 Å². The second-order valence-electron chi connectivity index (χ2n) is 8.91. The molecule has 2 aromatic rings. The summed E-state index contributed by atoms with van der Waals surface area (Å²) in [4.78, 5) is 30.7. The Balaban J connectivity index is 1.58. The highest BCUT2D eigenvalue weighted by Gasteiger charge is 2.36. The number of benzene rings is 1. The molecule has 170 valence electrons. The third-order valence-corrected chi connectivity index (χ3v) is 8.01. The second-order valence-corrected chi connectivity index (χ2v) is 11.1. The van der Waals surface area contributed by atoms with Crippen molar-refractivity contribution in [2.24, 2.45) is 5.92 Å². The Labute approximate surface area is 211 Å². The Morgan fingerprint density at radius 2 is 1.81 bits per heavy atom. The third kappa shape index (κ3) is 5.28.